The van der Waals surface area contributed by atoms with Crippen LogP contribution in [0.15, 0.2) is 0 Å². The Balaban J connectivity index is 3.35. The van der Waals surface area contributed by atoms with Crippen LogP contribution < -0.4 is 5.73 Å². The molecule has 0 fully saturated rings. The van der Waals surface area contributed by atoms with Gasteiger partial charge in [0.25, 0.3) is 0 Å². The molecule has 0 aliphatic heterocycles. The fourth-order valence-corrected chi connectivity index (χ4v) is 2.12. The van der Waals surface area contributed by atoms with E-state index in [9.17, 15) is 10.1 Å². The molecule has 90 valence electrons. The van der Waals surface area contributed by atoms with Crippen LogP contribution in [0.25, 0.3) is 0 Å². The molecule has 16 heavy (non-hydrogen) atoms. The summed E-state index contributed by atoms with van der Waals surface area (Å²) in [6.45, 7) is 5.48. The molecule has 1 heterocycles. The van der Waals surface area contributed by atoms with Gasteiger partial charge < -0.3 is 5.73 Å². The van der Waals surface area contributed by atoms with E-state index in [1.54, 1.807) is 18.7 Å². The van der Waals surface area contributed by atoms with Crippen molar-refractivity contribution in [2.45, 2.75) is 39.2 Å². The predicted octanol–water partition coefficient (Wildman–Crippen LogP) is 1.48. The van der Waals surface area contributed by atoms with Gasteiger partial charge in [0.15, 0.2) is 0 Å². The Hall–Kier alpha value is -1.43. The highest BCUT2D eigenvalue weighted by Crippen LogP contribution is 2.32. The number of rotatable bonds is 4. The van der Waals surface area contributed by atoms with Crippen molar-refractivity contribution >= 4 is 5.69 Å². The second kappa shape index (κ2) is 4.61. The maximum absolute atomic E-state index is 11.0. The van der Waals surface area contributed by atoms with E-state index in [4.69, 9.17) is 5.73 Å². The molecule has 2 N–H and O–H groups in total. The summed E-state index contributed by atoms with van der Waals surface area (Å²) < 4.78 is 1.57. The lowest BCUT2D eigenvalue weighted by atomic mass is 9.94. The van der Waals surface area contributed by atoms with Gasteiger partial charge >= 0.3 is 5.69 Å². The van der Waals surface area contributed by atoms with Crippen molar-refractivity contribution in [2.24, 2.45) is 12.8 Å². The molecule has 2 atom stereocenters. The zero-order valence-corrected chi connectivity index (χ0v) is 10.1. The van der Waals surface area contributed by atoms with Crippen molar-refractivity contribution in [1.82, 2.24) is 9.78 Å². The number of nitrogens with zero attached hydrogens (tertiary/aromatic N) is 3. The standard InChI is InChI=1S/C10H18N4O2/c1-5-8(6(2)11)10-9(14(15)16)7(3)12-13(10)4/h6,8H,5,11H2,1-4H3. The summed E-state index contributed by atoms with van der Waals surface area (Å²) >= 11 is 0. The quantitative estimate of drug-likeness (QED) is 0.622. The van der Waals surface area contributed by atoms with Crippen molar-refractivity contribution in [3.8, 4) is 0 Å². The van der Waals surface area contributed by atoms with Crippen LogP contribution in [0, 0.1) is 17.0 Å². The summed E-state index contributed by atoms with van der Waals surface area (Å²) in [7, 11) is 1.72. The Bertz CT molecular complexity index is 398. The molecule has 6 nitrogen and oxygen atoms in total. The molecule has 0 radical (unpaired) electrons. The Morgan fingerprint density at radius 1 is 1.62 bits per heavy atom. The first-order valence-corrected chi connectivity index (χ1v) is 5.33. The van der Waals surface area contributed by atoms with Gasteiger partial charge in [0.05, 0.1) is 4.92 Å². The van der Waals surface area contributed by atoms with Gasteiger partial charge in [0, 0.05) is 19.0 Å². The zero-order valence-electron chi connectivity index (χ0n) is 10.1. The third kappa shape index (κ3) is 2.06. The summed E-state index contributed by atoms with van der Waals surface area (Å²) in [6, 6.07) is -0.126. The van der Waals surface area contributed by atoms with Crippen LogP contribution in [0.5, 0.6) is 0 Å². The van der Waals surface area contributed by atoms with Gasteiger partial charge in [-0.2, -0.15) is 5.10 Å². The van der Waals surface area contributed by atoms with Crippen molar-refractivity contribution in [1.29, 1.82) is 0 Å². The minimum atomic E-state index is -0.372. The van der Waals surface area contributed by atoms with Crippen LogP contribution in [0.1, 0.15) is 37.6 Å². The molecule has 0 aromatic carbocycles. The van der Waals surface area contributed by atoms with Gasteiger partial charge in [-0.15, -0.1) is 0 Å². The molecule has 6 heteroatoms. The molecule has 0 aliphatic carbocycles. The van der Waals surface area contributed by atoms with E-state index in [0.29, 0.717) is 11.4 Å². The predicted molar refractivity (Wildman–Crippen MR) is 61.3 cm³/mol. The number of aryl methyl sites for hydroxylation is 2. The smallest absolute Gasteiger partial charge is 0.313 e. The highest BCUT2D eigenvalue weighted by atomic mass is 16.6. The molecule has 0 saturated carbocycles. The van der Waals surface area contributed by atoms with E-state index in [1.807, 2.05) is 13.8 Å². The Morgan fingerprint density at radius 2 is 2.19 bits per heavy atom. The van der Waals surface area contributed by atoms with Crippen LogP contribution in [0.2, 0.25) is 0 Å². The van der Waals surface area contributed by atoms with Gasteiger partial charge in [-0.05, 0) is 20.3 Å². The Morgan fingerprint density at radius 3 is 2.56 bits per heavy atom. The summed E-state index contributed by atoms with van der Waals surface area (Å²) in [5.41, 5.74) is 7.04. The van der Waals surface area contributed by atoms with Crippen LogP contribution in [0.3, 0.4) is 0 Å². The van der Waals surface area contributed by atoms with E-state index < -0.39 is 0 Å². The molecule has 0 spiro atoms. The fraction of sp³-hybridized carbons (Fsp3) is 0.700. The summed E-state index contributed by atoms with van der Waals surface area (Å²) in [5.74, 6) is -0.0356. The minimum absolute atomic E-state index is 0.0356. The minimum Gasteiger partial charge on any atom is -0.327 e. The maximum Gasteiger partial charge on any atom is 0.313 e. The maximum atomic E-state index is 11.0. The SMILES string of the molecule is CCC(c1c([N+](=O)[O-])c(C)nn1C)C(C)N. The van der Waals surface area contributed by atoms with Crippen molar-refractivity contribution < 1.29 is 4.92 Å². The zero-order chi connectivity index (χ0) is 12.5. The molecule has 0 bridgehead atoms. The molecule has 0 amide bonds. The van der Waals surface area contributed by atoms with Crippen LogP contribution >= 0.6 is 0 Å². The van der Waals surface area contributed by atoms with Gasteiger partial charge in [-0.3, -0.25) is 14.8 Å². The topological polar surface area (TPSA) is 87.0 Å². The monoisotopic (exact) mass is 226 g/mol. The van der Waals surface area contributed by atoms with Crippen molar-refractivity contribution in [2.75, 3.05) is 0 Å². The first kappa shape index (κ1) is 12.6. The van der Waals surface area contributed by atoms with Crippen LogP contribution in [-0.4, -0.2) is 20.7 Å². The van der Waals surface area contributed by atoms with Gasteiger partial charge in [-0.1, -0.05) is 6.92 Å². The molecule has 1 aromatic heterocycles. The highest BCUT2D eigenvalue weighted by Gasteiger charge is 2.30. The lowest BCUT2D eigenvalue weighted by Crippen LogP contribution is -2.26. The number of nitro groups is 1. The fourth-order valence-electron chi connectivity index (χ4n) is 2.12. The van der Waals surface area contributed by atoms with E-state index in [1.165, 1.54) is 0 Å². The third-order valence-electron chi connectivity index (χ3n) is 2.84. The van der Waals surface area contributed by atoms with E-state index in [0.717, 1.165) is 6.42 Å². The lowest BCUT2D eigenvalue weighted by molar-refractivity contribution is -0.386. The number of hydrogen-bond acceptors (Lipinski definition) is 4. The van der Waals surface area contributed by atoms with Crippen molar-refractivity contribution in [3.63, 3.8) is 0 Å². The average Bonchev–Trinajstić information content (AvgIpc) is 2.42. The Labute approximate surface area is 94.6 Å². The lowest BCUT2D eigenvalue weighted by Gasteiger charge is -2.18. The second-order valence-corrected chi connectivity index (χ2v) is 4.07. The molecular formula is C10H18N4O2. The first-order valence-electron chi connectivity index (χ1n) is 5.33. The first-order chi connectivity index (χ1) is 7.40. The van der Waals surface area contributed by atoms with E-state index >= 15 is 0 Å². The van der Waals surface area contributed by atoms with Gasteiger partial charge in [0.1, 0.15) is 11.4 Å². The van der Waals surface area contributed by atoms with E-state index in [-0.39, 0.29) is 22.6 Å². The molecule has 0 aliphatic rings. The van der Waals surface area contributed by atoms with Crippen LogP contribution in [-0.2, 0) is 7.05 Å². The molecule has 2 unspecified atom stereocenters. The highest BCUT2D eigenvalue weighted by molar-refractivity contribution is 5.43. The Kier molecular flexibility index (Phi) is 3.64. The molecule has 1 aromatic rings. The normalized spacial score (nSPS) is 14.8. The van der Waals surface area contributed by atoms with Crippen LogP contribution in [0.4, 0.5) is 5.69 Å². The summed E-state index contributed by atoms with van der Waals surface area (Å²) in [4.78, 5) is 10.6. The molecular weight excluding hydrogens is 208 g/mol. The van der Waals surface area contributed by atoms with Gasteiger partial charge in [-0.25, -0.2) is 0 Å². The van der Waals surface area contributed by atoms with Crippen molar-refractivity contribution in [3.05, 3.63) is 21.5 Å². The molecule has 0 saturated heterocycles. The largest absolute Gasteiger partial charge is 0.327 e. The number of nitrogens with two attached hydrogens (primary N) is 1. The summed E-state index contributed by atoms with van der Waals surface area (Å²) in [5, 5.41) is 15.1. The molecule has 1 rings (SSSR count). The second-order valence-electron chi connectivity index (χ2n) is 4.07. The number of aromatic nitrogens is 2. The third-order valence-corrected chi connectivity index (χ3v) is 2.84. The summed E-state index contributed by atoms with van der Waals surface area (Å²) in [6.07, 6.45) is 0.761. The number of hydrogen-bond donors (Lipinski definition) is 1. The van der Waals surface area contributed by atoms with E-state index in [2.05, 4.69) is 5.10 Å². The average molecular weight is 226 g/mol. The van der Waals surface area contributed by atoms with Gasteiger partial charge in [0.2, 0.25) is 0 Å².